The van der Waals surface area contributed by atoms with Gasteiger partial charge in [-0.25, -0.2) is 8.78 Å². The Kier molecular flexibility index (Phi) is 3.97. The molecule has 1 unspecified atom stereocenters. The second-order valence-corrected chi connectivity index (χ2v) is 4.97. The number of anilines is 1. The van der Waals surface area contributed by atoms with Gasteiger partial charge in [0.25, 0.3) is 0 Å². The topological polar surface area (TPSA) is 12.0 Å². The maximum atomic E-state index is 13.1. The molecule has 0 aliphatic carbocycles. The summed E-state index contributed by atoms with van der Waals surface area (Å²) in [6.07, 6.45) is 0. The van der Waals surface area contributed by atoms with Gasteiger partial charge in [0.1, 0.15) is 0 Å². The van der Waals surface area contributed by atoms with Gasteiger partial charge in [0, 0.05) is 22.3 Å². The van der Waals surface area contributed by atoms with E-state index in [0.29, 0.717) is 5.69 Å². The van der Waals surface area contributed by atoms with Crippen molar-refractivity contribution in [2.75, 3.05) is 5.32 Å². The molecule has 94 valence electrons. The monoisotopic (exact) mass is 311 g/mol. The van der Waals surface area contributed by atoms with Crippen molar-refractivity contribution in [2.45, 2.75) is 13.0 Å². The highest BCUT2D eigenvalue weighted by molar-refractivity contribution is 9.10. The first-order valence-electron chi connectivity index (χ1n) is 5.53. The van der Waals surface area contributed by atoms with Crippen LogP contribution >= 0.6 is 15.9 Å². The summed E-state index contributed by atoms with van der Waals surface area (Å²) in [4.78, 5) is 0. The molecule has 2 aromatic carbocycles. The van der Waals surface area contributed by atoms with Crippen LogP contribution in [0.4, 0.5) is 14.5 Å². The van der Waals surface area contributed by atoms with Crippen molar-refractivity contribution in [1.82, 2.24) is 0 Å². The lowest BCUT2D eigenvalue weighted by atomic mass is 10.1. The second-order valence-electron chi connectivity index (χ2n) is 4.05. The summed E-state index contributed by atoms with van der Waals surface area (Å²) >= 11 is 3.40. The highest BCUT2D eigenvalue weighted by atomic mass is 79.9. The Balaban J connectivity index is 2.16. The summed E-state index contributed by atoms with van der Waals surface area (Å²) in [6.45, 7) is 1.96. The predicted molar refractivity (Wildman–Crippen MR) is 72.5 cm³/mol. The smallest absolute Gasteiger partial charge is 0.160 e. The molecule has 0 fully saturated rings. The van der Waals surface area contributed by atoms with Gasteiger partial charge < -0.3 is 5.32 Å². The van der Waals surface area contributed by atoms with Gasteiger partial charge in [0.05, 0.1) is 0 Å². The van der Waals surface area contributed by atoms with E-state index < -0.39 is 11.6 Å². The molecule has 4 heteroatoms. The van der Waals surface area contributed by atoms with Crippen LogP contribution in [0, 0.1) is 11.6 Å². The van der Waals surface area contributed by atoms with E-state index in [4.69, 9.17) is 0 Å². The lowest BCUT2D eigenvalue weighted by Gasteiger charge is -2.16. The fourth-order valence-corrected chi connectivity index (χ4v) is 2.11. The van der Waals surface area contributed by atoms with E-state index in [1.54, 1.807) is 0 Å². The molecule has 18 heavy (non-hydrogen) atoms. The van der Waals surface area contributed by atoms with Crippen LogP contribution in [0.3, 0.4) is 0 Å². The Morgan fingerprint density at radius 2 is 1.83 bits per heavy atom. The summed E-state index contributed by atoms with van der Waals surface area (Å²) in [6, 6.07) is 11.6. The molecule has 0 amide bonds. The minimum Gasteiger partial charge on any atom is -0.378 e. The summed E-state index contributed by atoms with van der Waals surface area (Å²) in [5.74, 6) is -1.68. The Morgan fingerprint density at radius 3 is 2.50 bits per heavy atom. The molecular weight excluding hydrogens is 300 g/mol. The third-order valence-corrected chi connectivity index (χ3v) is 3.14. The zero-order valence-corrected chi connectivity index (χ0v) is 11.3. The number of hydrogen-bond acceptors (Lipinski definition) is 1. The summed E-state index contributed by atoms with van der Waals surface area (Å²) in [7, 11) is 0. The quantitative estimate of drug-likeness (QED) is 0.850. The zero-order chi connectivity index (χ0) is 13.1. The maximum Gasteiger partial charge on any atom is 0.160 e. The molecular formula is C14H12BrF2N. The van der Waals surface area contributed by atoms with Gasteiger partial charge in [-0.05, 0) is 36.8 Å². The van der Waals surface area contributed by atoms with Crippen molar-refractivity contribution in [3.63, 3.8) is 0 Å². The van der Waals surface area contributed by atoms with Crippen LogP contribution in [-0.4, -0.2) is 0 Å². The van der Waals surface area contributed by atoms with Gasteiger partial charge in [-0.15, -0.1) is 0 Å². The normalized spacial score (nSPS) is 12.2. The maximum absolute atomic E-state index is 13.1. The number of rotatable bonds is 3. The average molecular weight is 312 g/mol. The van der Waals surface area contributed by atoms with Crippen LogP contribution in [0.1, 0.15) is 18.5 Å². The minimum atomic E-state index is -0.846. The first kappa shape index (κ1) is 13.0. The lowest BCUT2D eigenvalue weighted by Crippen LogP contribution is -2.06. The van der Waals surface area contributed by atoms with Gasteiger partial charge in [-0.1, -0.05) is 28.1 Å². The van der Waals surface area contributed by atoms with Crippen LogP contribution in [0.25, 0.3) is 0 Å². The van der Waals surface area contributed by atoms with Crippen LogP contribution in [0.2, 0.25) is 0 Å². The molecule has 0 aliphatic heterocycles. The first-order chi connectivity index (χ1) is 8.56. The second kappa shape index (κ2) is 5.48. The van der Waals surface area contributed by atoms with Crippen molar-refractivity contribution in [3.8, 4) is 0 Å². The Hall–Kier alpha value is -1.42. The molecule has 2 rings (SSSR count). The van der Waals surface area contributed by atoms with Gasteiger partial charge in [0.15, 0.2) is 11.6 Å². The first-order valence-corrected chi connectivity index (χ1v) is 6.32. The van der Waals surface area contributed by atoms with E-state index in [1.165, 1.54) is 6.07 Å². The molecule has 0 bridgehead atoms. The van der Waals surface area contributed by atoms with E-state index in [-0.39, 0.29) is 6.04 Å². The van der Waals surface area contributed by atoms with E-state index in [2.05, 4.69) is 21.2 Å². The molecule has 0 radical (unpaired) electrons. The number of hydrogen-bond donors (Lipinski definition) is 1. The van der Waals surface area contributed by atoms with Gasteiger partial charge >= 0.3 is 0 Å². The molecule has 0 heterocycles. The highest BCUT2D eigenvalue weighted by Gasteiger charge is 2.07. The molecule has 0 aromatic heterocycles. The number of halogens is 3. The number of benzene rings is 2. The van der Waals surface area contributed by atoms with E-state index in [9.17, 15) is 8.78 Å². The zero-order valence-electron chi connectivity index (χ0n) is 9.75. The van der Waals surface area contributed by atoms with Gasteiger partial charge in [0.2, 0.25) is 0 Å². The highest BCUT2D eigenvalue weighted by Crippen LogP contribution is 2.23. The van der Waals surface area contributed by atoms with Gasteiger partial charge in [-0.3, -0.25) is 0 Å². The van der Waals surface area contributed by atoms with Crippen LogP contribution in [0.5, 0.6) is 0 Å². The Morgan fingerprint density at radius 1 is 1.06 bits per heavy atom. The van der Waals surface area contributed by atoms with Crippen molar-refractivity contribution in [1.29, 1.82) is 0 Å². The third kappa shape index (κ3) is 3.07. The average Bonchev–Trinajstić information content (AvgIpc) is 2.34. The van der Waals surface area contributed by atoms with Crippen LogP contribution in [-0.2, 0) is 0 Å². The predicted octanol–water partition coefficient (Wildman–Crippen LogP) is 4.90. The minimum absolute atomic E-state index is 0.00682. The molecule has 1 nitrogen and oxygen atoms in total. The SMILES string of the molecule is CC(Nc1ccc(F)c(F)c1)c1cccc(Br)c1. The van der Waals surface area contributed by atoms with Crippen molar-refractivity contribution in [2.24, 2.45) is 0 Å². The van der Waals surface area contributed by atoms with Crippen molar-refractivity contribution >= 4 is 21.6 Å². The van der Waals surface area contributed by atoms with Crippen molar-refractivity contribution < 1.29 is 8.78 Å². The summed E-state index contributed by atoms with van der Waals surface area (Å²) in [5.41, 5.74) is 1.62. The number of nitrogens with one attached hydrogen (secondary N) is 1. The lowest BCUT2D eigenvalue weighted by molar-refractivity contribution is 0.509. The van der Waals surface area contributed by atoms with Crippen LogP contribution < -0.4 is 5.32 Å². The fraction of sp³-hybridized carbons (Fsp3) is 0.143. The largest absolute Gasteiger partial charge is 0.378 e. The Bertz CT molecular complexity index is 557. The summed E-state index contributed by atoms with van der Waals surface area (Å²) < 4.78 is 26.9. The van der Waals surface area contributed by atoms with Gasteiger partial charge in [-0.2, -0.15) is 0 Å². The molecule has 0 spiro atoms. The molecule has 2 aromatic rings. The van der Waals surface area contributed by atoms with Crippen molar-refractivity contribution in [3.05, 3.63) is 64.1 Å². The fourth-order valence-electron chi connectivity index (χ4n) is 1.70. The van der Waals surface area contributed by atoms with E-state index >= 15 is 0 Å². The van der Waals surface area contributed by atoms with Crippen LogP contribution in [0.15, 0.2) is 46.9 Å². The molecule has 1 N–H and O–H groups in total. The standard InChI is InChI=1S/C14H12BrF2N/c1-9(10-3-2-4-11(15)7-10)18-12-5-6-13(16)14(17)8-12/h2-9,18H,1H3. The summed E-state index contributed by atoms with van der Waals surface area (Å²) in [5, 5.41) is 3.13. The Labute approximate surface area is 113 Å². The molecule has 1 atom stereocenters. The van der Waals surface area contributed by atoms with E-state index in [0.717, 1.165) is 22.2 Å². The molecule has 0 aliphatic rings. The molecule has 0 saturated carbocycles. The molecule has 0 saturated heterocycles. The third-order valence-electron chi connectivity index (χ3n) is 2.65. The van der Waals surface area contributed by atoms with E-state index in [1.807, 2.05) is 31.2 Å².